The van der Waals surface area contributed by atoms with Gasteiger partial charge in [-0.15, -0.1) is 6.42 Å². The molecule has 1 atom stereocenters. The second kappa shape index (κ2) is 5.65. The van der Waals surface area contributed by atoms with Gasteiger partial charge in [0.2, 0.25) is 10.0 Å². The van der Waals surface area contributed by atoms with Gasteiger partial charge in [0.05, 0.1) is 4.90 Å². The second-order valence-electron chi connectivity index (χ2n) is 4.63. The predicted molar refractivity (Wildman–Crippen MR) is 73.5 cm³/mol. The molecular weight excluding hydrogens is 278 g/mol. The van der Waals surface area contributed by atoms with Crippen molar-refractivity contribution in [1.82, 2.24) is 4.31 Å². The molecule has 0 saturated carbocycles. The van der Waals surface area contributed by atoms with Gasteiger partial charge in [-0.25, -0.2) is 8.42 Å². The number of carbonyl (C=O) groups is 1. The van der Waals surface area contributed by atoms with E-state index in [1.807, 2.05) is 0 Å². The monoisotopic (exact) mass is 293 g/mol. The Morgan fingerprint density at radius 3 is 2.50 bits per heavy atom. The van der Waals surface area contributed by atoms with Gasteiger partial charge in [-0.3, -0.25) is 4.79 Å². The van der Waals surface area contributed by atoms with Crippen molar-refractivity contribution in [3.05, 3.63) is 29.8 Å². The van der Waals surface area contributed by atoms with Crippen LogP contribution in [-0.4, -0.2) is 36.4 Å². The molecule has 1 N–H and O–H groups in total. The molecule has 1 aromatic rings. The van der Waals surface area contributed by atoms with Crippen LogP contribution in [0.3, 0.4) is 0 Å². The Hall–Kier alpha value is -1.84. The van der Waals surface area contributed by atoms with Crippen LogP contribution in [0, 0.1) is 12.3 Å². The van der Waals surface area contributed by atoms with Gasteiger partial charge in [-0.2, -0.15) is 4.31 Å². The van der Waals surface area contributed by atoms with Crippen LogP contribution in [-0.2, 0) is 14.8 Å². The number of sulfonamides is 1. The van der Waals surface area contributed by atoms with Crippen LogP contribution in [0.5, 0.6) is 0 Å². The molecule has 0 amide bonds. The number of carboxylic acid groups (broad SMARTS) is 1. The second-order valence-corrected chi connectivity index (χ2v) is 6.52. The van der Waals surface area contributed by atoms with Crippen LogP contribution in [0.15, 0.2) is 29.2 Å². The minimum Gasteiger partial charge on any atom is -0.480 e. The normalized spacial score (nSPS) is 20.2. The molecule has 0 bridgehead atoms. The highest BCUT2D eigenvalue weighted by Crippen LogP contribution is 2.25. The van der Waals surface area contributed by atoms with Crippen molar-refractivity contribution in [2.45, 2.75) is 30.2 Å². The highest BCUT2D eigenvalue weighted by Gasteiger charge is 2.37. The van der Waals surface area contributed by atoms with E-state index in [9.17, 15) is 13.2 Å². The molecule has 0 radical (unpaired) electrons. The maximum Gasteiger partial charge on any atom is 0.322 e. The lowest BCUT2D eigenvalue weighted by molar-refractivity contribution is -0.142. The van der Waals surface area contributed by atoms with Crippen LogP contribution < -0.4 is 0 Å². The van der Waals surface area contributed by atoms with Crippen LogP contribution in [0.4, 0.5) is 0 Å². The Bertz CT molecular complexity index is 643. The zero-order valence-electron chi connectivity index (χ0n) is 10.8. The van der Waals surface area contributed by atoms with Crippen molar-refractivity contribution in [1.29, 1.82) is 0 Å². The standard InChI is InChI=1S/C14H15NO4S/c1-2-11-6-8-12(9-7-11)20(18,19)15-10-4-3-5-13(15)14(16)17/h1,6-9,13H,3-5,10H2,(H,16,17). The molecule has 1 aliphatic rings. The third-order valence-electron chi connectivity index (χ3n) is 3.37. The molecule has 1 unspecified atom stereocenters. The Kier molecular flexibility index (Phi) is 4.12. The highest BCUT2D eigenvalue weighted by atomic mass is 32.2. The molecule has 106 valence electrons. The zero-order chi connectivity index (χ0) is 14.8. The molecule has 6 heteroatoms. The lowest BCUT2D eigenvalue weighted by atomic mass is 10.1. The molecule has 1 fully saturated rings. The van der Waals surface area contributed by atoms with Crippen molar-refractivity contribution < 1.29 is 18.3 Å². The summed E-state index contributed by atoms with van der Waals surface area (Å²) in [5, 5.41) is 9.17. The SMILES string of the molecule is C#Cc1ccc(S(=O)(=O)N2CCCCC2C(=O)O)cc1. The first-order valence-electron chi connectivity index (χ1n) is 6.28. The summed E-state index contributed by atoms with van der Waals surface area (Å²) >= 11 is 0. The maximum atomic E-state index is 12.5. The fraction of sp³-hybridized carbons (Fsp3) is 0.357. The Morgan fingerprint density at radius 2 is 1.95 bits per heavy atom. The third kappa shape index (κ3) is 2.69. The molecule has 1 saturated heterocycles. The highest BCUT2D eigenvalue weighted by molar-refractivity contribution is 7.89. The van der Waals surface area contributed by atoms with Gasteiger partial charge in [0.15, 0.2) is 0 Å². The molecular formula is C14H15NO4S. The Labute approximate surface area is 118 Å². The van der Waals surface area contributed by atoms with Crippen molar-refractivity contribution in [2.24, 2.45) is 0 Å². The van der Waals surface area contributed by atoms with Gasteiger partial charge in [-0.05, 0) is 43.5 Å². The molecule has 1 aliphatic heterocycles. The van der Waals surface area contributed by atoms with Crippen LogP contribution in [0.2, 0.25) is 0 Å². The number of aliphatic carboxylic acids is 1. The lowest BCUT2D eigenvalue weighted by Crippen LogP contribution is -2.47. The largest absolute Gasteiger partial charge is 0.480 e. The van der Waals surface area contributed by atoms with Crippen molar-refractivity contribution in [2.75, 3.05) is 6.54 Å². The van der Waals surface area contributed by atoms with E-state index in [2.05, 4.69) is 5.92 Å². The van der Waals surface area contributed by atoms with Gasteiger partial charge in [-0.1, -0.05) is 5.92 Å². The average molecular weight is 293 g/mol. The van der Waals surface area contributed by atoms with E-state index in [-0.39, 0.29) is 11.4 Å². The van der Waals surface area contributed by atoms with E-state index in [0.717, 1.165) is 10.7 Å². The fourth-order valence-electron chi connectivity index (χ4n) is 2.30. The molecule has 1 heterocycles. The van der Waals surface area contributed by atoms with Gasteiger partial charge in [0, 0.05) is 12.1 Å². The zero-order valence-corrected chi connectivity index (χ0v) is 11.6. The van der Waals surface area contributed by atoms with E-state index in [1.165, 1.54) is 24.3 Å². The molecule has 0 aromatic heterocycles. The van der Waals surface area contributed by atoms with Gasteiger partial charge >= 0.3 is 5.97 Å². The third-order valence-corrected chi connectivity index (χ3v) is 5.29. The minimum absolute atomic E-state index is 0.0738. The Balaban J connectivity index is 2.37. The molecule has 2 rings (SSSR count). The fourth-order valence-corrected chi connectivity index (χ4v) is 3.95. The predicted octanol–water partition coefficient (Wildman–Crippen LogP) is 1.30. The lowest BCUT2D eigenvalue weighted by Gasteiger charge is -2.31. The number of hydrogen-bond acceptors (Lipinski definition) is 3. The number of benzene rings is 1. The number of piperidine rings is 1. The summed E-state index contributed by atoms with van der Waals surface area (Å²) in [5.74, 6) is 1.31. The first-order valence-corrected chi connectivity index (χ1v) is 7.72. The van der Waals surface area contributed by atoms with Gasteiger partial charge in [0.1, 0.15) is 6.04 Å². The summed E-state index contributed by atoms with van der Waals surface area (Å²) in [4.78, 5) is 11.3. The summed E-state index contributed by atoms with van der Waals surface area (Å²) in [6.07, 6.45) is 6.96. The molecule has 0 spiro atoms. The first kappa shape index (κ1) is 14.6. The number of nitrogens with zero attached hydrogens (tertiary/aromatic N) is 1. The van der Waals surface area contributed by atoms with E-state index in [1.54, 1.807) is 0 Å². The van der Waals surface area contributed by atoms with Crippen molar-refractivity contribution >= 4 is 16.0 Å². The van der Waals surface area contributed by atoms with Crippen molar-refractivity contribution in [3.63, 3.8) is 0 Å². The molecule has 1 aromatic carbocycles. The number of terminal acetylenes is 1. The number of rotatable bonds is 3. The molecule has 20 heavy (non-hydrogen) atoms. The van der Waals surface area contributed by atoms with Gasteiger partial charge in [0.25, 0.3) is 0 Å². The summed E-state index contributed by atoms with van der Waals surface area (Å²) in [5.41, 5.74) is 0.581. The number of hydrogen-bond donors (Lipinski definition) is 1. The van der Waals surface area contributed by atoms with Crippen molar-refractivity contribution in [3.8, 4) is 12.3 Å². The summed E-state index contributed by atoms with van der Waals surface area (Å²) in [6.45, 7) is 0.232. The van der Waals surface area contributed by atoms with Gasteiger partial charge < -0.3 is 5.11 Å². The number of carboxylic acids is 1. The minimum atomic E-state index is -3.80. The topological polar surface area (TPSA) is 74.7 Å². The van der Waals surface area contributed by atoms with Crippen LogP contribution in [0.25, 0.3) is 0 Å². The van der Waals surface area contributed by atoms with E-state index in [4.69, 9.17) is 11.5 Å². The van der Waals surface area contributed by atoms with E-state index >= 15 is 0 Å². The first-order chi connectivity index (χ1) is 9.46. The van der Waals surface area contributed by atoms with Crippen LogP contribution >= 0.6 is 0 Å². The van der Waals surface area contributed by atoms with E-state index < -0.39 is 22.0 Å². The molecule has 0 aliphatic carbocycles. The van der Waals surface area contributed by atoms with E-state index in [0.29, 0.717) is 18.4 Å². The van der Waals surface area contributed by atoms with Crippen LogP contribution in [0.1, 0.15) is 24.8 Å². The smallest absolute Gasteiger partial charge is 0.322 e. The molecule has 5 nitrogen and oxygen atoms in total. The Morgan fingerprint density at radius 1 is 1.30 bits per heavy atom. The quantitative estimate of drug-likeness (QED) is 0.852. The maximum absolute atomic E-state index is 12.5. The summed E-state index contributed by atoms with van der Waals surface area (Å²) in [7, 11) is -3.80. The summed E-state index contributed by atoms with van der Waals surface area (Å²) < 4.78 is 26.1. The average Bonchev–Trinajstić information content (AvgIpc) is 2.47. The summed E-state index contributed by atoms with van der Waals surface area (Å²) in [6, 6.07) is 4.91.